The Labute approximate surface area is 158 Å². The highest BCUT2D eigenvalue weighted by Crippen LogP contribution is 2.31. The molecule has 4 aromatic rings. The second-order valence-corrected chi connectivity index (χ2v) is 6.62. The number of imidazole rings is 3. The van der Waals surface area contributed by atoms with Gasteiger partial charge in [0.25, 0.3) is 0 Å². The standard InChI is InChI=1S/C21H24N6/c1-3-18-22-10-13-26(18)11-7-12-27-15-25-20(17-8-5-4-6-9-17)21(27)19-16(2)23-14-24-19/h4-6,8-10,13-15H,3,7,11-12H2,1-2H3,(H,23,24). The molecule has 6 heteroatoms. The van der Waals surface area contributed by atoms with E-state index in [1.807, 2.05) is 37.6 Å². The van der Waals surface area contributed by atoms with Gasteiger partial charge in [0.2, 0.25) is 0 Å². The van der Waals surface area contributed by atoms with Gasteiger partial charge in [0.1, 0.15) is 11.5 Å². The molecule has 0 saturated carbocycles. The molecule has 3 heterocycles. The molecular weight excluding hydrogens is 336 g/mol. The molecule has 138 valence electrons. The van der Waals surface area contributed by atoms with Crippen LogP contribution in [0.2, 0.25) is 0 Å². The van der Waals surface area contributed by atoms with E-state index >= 15 is 0 Å². The highest BCUT2D eigenvalue weighted by Gasteiger charge is 2.18. The Bertz CT molecular complexity index is 1010. The molecule has 6 nitrogen and oxygen atoms in total. The van der Waals surface area contributed by atoms with Gasteiger partial charge < -0.3 is 14.1 Å². The quantitative estimate of drug-likeness (QED) is 0.540. The molecule has 0 aliphatic heterocycles. The van der Waals surface area contributed by atoms with E-state index in [1.165, 1.54) is 0 Å². The Morgan fingerprint density at radius 1 is 0.963 bits per heavy atom. The van der Waals surface area contributed by atoms with Crippen LogP contribution in [0.4, 0.5) is 0 Å². The lowest BCUT2D eigenvalue weighted by molar-refractivity contribution is 0.551. The van der Waals surface area contributed by atoms with Gasteiger partial charge in [-0.1, -0.05) is 37.3 Å². The Morgan fingerprint density at radius 2 is 1.78 bits per heavy atom. The van der Waals surface area contributed by atoms with Crippen molar-refractivity contribution in [3.63, 3.8) is 0 Å². The highest BCUT2D eigenvalue weighted by molar-refractivity contribution is 5.77. The van der Waals surface area contributed by atoms with Crippen molar-refractivity contribution in [3.8, 4) is 22.6 Å². The van der Waals surface area contributed by atoms with Gasteiger partial charge >= 0.3 is 0 Å². The summed E-state index contributed by atoms with van der Waals surface area (Å²) < 4.78 is 4.45. The minimum absolute atomic E-state index is 0.878. The summed E-state index contributed by atoms with van der Waals surface area (Å²) >= 11 is 0. The van der Waals surface area contributed by atoms with Crippen molar-refractivity contribution in [2.24, 2.45) is 0 Å². The lowest BCUT2D eigenvalue weighted by Crippen LogP contribution is -2.07. The first-order chi connectivity index (χ1) is 13.3. The third-order valence-electron chi connectivity index (χ3n) is 4.86. The van der Waals surface area contributed by atoms with E-state index in [1.54, 1.807) is 6.33 Å². The van der Waals surface area contributed by atoms with E-state index in [9.17, 15) is 0 Å². The summed E-state index contributed by atoms with van der Waals surface area (Å²) in [5, 5.41) is 0. The number of nitrogens with one attached hydrogen (secondary N) is 1. The van der Waals surface area contributed by atoms with Crippen molar-refractivity contribution >= 4 is 0 Å². The zero-order valence-electron chi connectivity index (χ0n) is 15.8. The Kier molecular flexibility index (Phi) is 4.87. The number of aromatic nitrogens is 6. The maximum absolute atomic E-state index is 4.72. The molecule has 0 radical (unpaired) electrons. The number of aromatic amines is 1. The molecule has 0 unspecified atom stereocenters. The highest BCUT2D eigenvalue weighted by atomic mass is 15.1. The Morgan fingerprint density at radius 3 is 2.52 bits per heavy atom. The van der Waals surface area contributed by atoms with E-state index in [0.717, 1.165) is 60.1 Å². The Balaban J connectivity index is 1.63. The monoisotopic (exact) mass is 360 g/mol. The maximum Gasteiger partial charge on any atom is 0.110 e. The summed E-state index contributed by atoms with van der Waals surface area (Å²) in [6.45, 7) is 6.01. The van der Waals surface area contributed by atoms with Crippen LogP contribution in [0.3, 0.4) is 0 Å². The fourth-order valence-electron chi connectivity index (χ4n) is 3.47. The van der Waals surface area contributed by atoms with Gasteiger partial charge in [0.15, 0.2) is 0 Å². The van der Waals surface area contributed by atoms with Gasteiger partial charge in [-0.3, -0.25) is 0 Å². The second kappa shape index (κ2) is 7.61. The van der Waals surface area contributed by atoms with Crippen molar-refractivity contribution in [2.45, 2.75) is 39.8 Å². The average Bonchev–Trinajstić information content (AvgIpc) is 3.42. The zero-order chi connectivity index (χ0) is 18.6. The zero-order valence-corrected chi connectivity index (χ0v) is 15.8. The molecule has 0 saturated heterocycles. The largest absolute Gasteiger partial charge is 0.348 e. The molecular formula is C21H24N6. The molecule has 3 aromatic heterocycles. The fraction of sp³-hybridized carbons (Fsp3) is 0.286. The van der Waals surface area contributed by atoms with Gasteiger partial charge in [-0.2, -0.15) is 0 Å². The summed E-state index contributed by atoms with van der Waals surface area (Å²) in [7, 11) is 0. The van der Waals surface area contributed by atoms with Crippen molar-refractivity contribution in [3.05, 3.63) is 66.9 Å². The molecule has 27 heavy (non-hydrogen) atoms. The summed E-state index contributed by atoms with van der Waals surface area (Å²) in [6.07, 6.45) is 9.57. The number of rotatable bonds is 7. The number of nitrogens with zero attached hydrogens (tertiary/aromatic N) is 5. The summed E-state index contributed by atoms with van der Waals surface area (Å²) in [5.41, 5.74) is 5.17. The van der Waals surface area contributed by atoms with Crippen LogP contribution in [0.25, 0.3) is 22.6 Å². The Hall–Kier alpha value is -3.15. The van der Waals surface area contributed by atoms with Crippen molar-refractivity contribution in [1.29, 1.82) is 0 Å². The minimum atomic E-state index is 0.878. The molecule has 0 fully saturated rings. The lowest BCUT2D eigenvalue weighted by Gasteiger charge is -2.11. The summed E-state index contributed by atoms with van der Waals surface area (Å²) in [6, 6.07) is 10.3. The molecule has 0 spiro atoms. The van der Waals surface area contributed by atoms with E-state index in [-0.39, 0.29) is 0 Å². The number of hydrogen-bond donors (Lipinski definition) is 1. The van der Waals surface area contributed by atoms with E-state index in [0.29, 0.717) is 0 Å². The maximum atomic E-state index is 4.72. The normalized spacial score (nSPS) is 11.2. The predicted octanol–water partition coefficient (Wildman–Crippen LogP) is 4.10. The van der Waals surface area contributed by atoms with Gasteiger partial charge in [-0.15, -0.1) is 0 Å². The van der Waals surface area contributed by atoms with Crippen LogP contribution in [0.15, 0.2) is 55.4 Å². The third-order valence-corrected chi connectivity index (χ3v) is 4.86. The number of benzene rings is 1. The first-order valence-electron chi connectivity index (χ1n) is 9.38. The van der Waals surface area contributed by atoms with E-state index in [2.05, 4.69) is 49.3 Å². The second-order valence-electron chi connectivity index (χ2n) is 6.62. The van der Waals surface area contributed by atoms with Gasteiger partial charge in [-0.25, -0.2) is 15.0 Å². The van der Waals surface area contributed by atoms with Crippen LogP contribution < -0.4 is 0 Å². The van der Waals surface area contributed by atoms with Crippen LogP contribution >= 0.6 is 0 Å². The van der Waals surface area contributed by atoms with Gasteiger partial charge in [-0.05, 0) is 13.3 Å². The minimum Gasteiger partial charge on any atom is -0.348 e. The SMILES string of the molecule is CCc1nccn1CCCn1cnc(-c2ccccc2)c1-c1nc[nH]c1C. The van der Waals surface area contributed by atoms with Crippen LogP contribution in [-0.2, 0) is 19.5 Å². The number of hydrogen-bond acceptors (Lipinski definition) is 3. The number of aryl methyl sites for hydroxylation is 4. The van der Waals surface area contributed by atoms with E-state index < -0.39 is 0 Å². The lowest BCUT2D eigenvalue weighted by atomic mass is 10.1. The molecule has 1 N–H and O–H groups in total. The average molecular weight is 360 g/mol. The van der Waals surface area contributed by atoms with Crippen molar-refractivity contribution in [1.82, 2.24) is 29.1 Å². The number of H-pyrrole nitrogens is 1. The first-order valence-corrected chi connectivity index (χ1v) is 9.38. The predicted molar refractivity (Wildman–Crippen MR) is 106 cm³/mol. The van der Waals surface area contributed by atoms with Gasteiger partial charge in [0.05, 0.1) is 24.0 Å². The van der Waals surface area contributed by atoms with Crippen LogP contribution in [0.5, 0.6) is 0 Å². The summed E-state index contributed by atoms with van der Waals surface area (Å²) in [4.78, 5) is 16.9. The fourth-order valence-corrected chi connectivity index (χ4v) is 3.47. The third kappa shape index (κ3) is 3.43. The molecule has 0 bridgehead atoms. The van der Waals surface area contributed by atoms with Crippen LogP contribution in [0.1, 0.15) is 24.9 Å². The van der Waals surface area contributed by atoms with Crippen LogP contribution in [-0.4, -0.2) is 29.1 Å². The molecule has 0 atom stereocenters. The molecule has 1 aromatic carbocycles. The molecule has 4 rings (SSSR count). The van der Waals surface area contributed by atoms with E-state index in [4.69, 9.17) is 4.98 Å². The van der Waals surface area contributed by atoms with Crippen molar-refractivity contribution in [2.75, 3.05) is 0 Å². The van der Waals surface area contributed by atoms with Crippen LogP contribution in [0, 0.1) is 6.92 Å². The molecule has 0 aliphatic carbocycles. The molecule has 0 amide bonds. The first kappa shape index (κ1) is 17.3. The topological polar surface area (TPSA) is 64.3 Å². The summed E-state index contributed by atoms with van der Waals surface area (Å²) in [5.74, 6) is 1.13. The molecule has 0 aliphatic rings. The van der Waals surface area contributed by atoms with Crippen molar-refractivity contribution < 1.29 is 0 Å². The van der Waals surface area contributed by atoms with Gasteiger partial charge in [0, 0.05) is 43.2 Å². The smallest absolute Gasteiger partial charge is 0.110 e.